The van der Waals surface area contributed by atoms with Crippen molar-refractivity contribution in [2.45, 2.75) is 45.8 Å². The molecular formula is C21H24F3N5O. The van der Waals surface area contributed by atoms with Crippen LogP contribution in [0.5, 0.6) is 0 Å². The number of alkyl halides is 3. The van der Waals surface area contributed by atoms with Gasteiger partial charge in [0.2, 0.25) is 5.95 Å². The van der Waals surface area contributed by atoms with E-state index >= 15 is 0 Å². The minimum absolute atomic E-state index is 0.0146. The molecule has 0 fully saturated rings. The van der Waals surface area contributed by atoms with Crippen LogP contribution in [-0.2, 0) is 11.0 Å². The molecule has 4 rings (SSSR count). The summed E-state index contributed by atoms with van der Waals surface area (Å²) in [5.74, 6) is -1.15. The first-order valence-corrected chi connectivity index (χ1v) is 10.1. The van der Waals surface area contributed by atoms with Crippen LogP contribution < -0.4 is 10.2 Å². The van der Waals surface area contributed by atoms with E-state index in [1.54, 1.807) is 0 Å². The molecule has 1 aliphatic carbocycles. The van der Waals surface area contributed by atoms with E-state index in [0.29, 0.717) is 29.7 Å². The molecule has 160 valence electrons. The minimum atomic E-state index is -4.67. The molecule has 1 aliphatic heterocycles. The molecule has 1 aromatic heterocycles. The number of hydrogen-bond acceptors (Lipinski definition) is 5. The predicted molar refractivity (Wildman–Crippen MR) is 107 cm³/mol. The van der Waals surface area contributed by atoms with Gasteiger partial charge >= 0.3 is 6.18 Å². The smallest absolute Gasteiger partial charge is 0.372 e. The summed E-state index contributed by atoms with van der Waals surface area (Å²) in [7, 11) is 0. The van der Waals surface area contributed by atoms with Crippen LogP contribution >= 0.6 is 0 Å². The second-order valence-corrected chi connectivity index (χ2v) is 7.82. The zero-order chi connectivity index (χ0) is 21.6. The van der Waals surface area contributed by atoms with Gasteiger partial charge in [-0.25, -0.2) is 4.68 Å². The van der Waals surface area contributed by atoms with E-state index in [9.17, 15) is 18.0 Å². The highest BCUT2D eigenvalue weighted by Crippen LogP contribution is 2.42. The largest absolute Gasteiger partial charge is 0.453 e. The molecule has 2 atom stereocenters. The fraction of sp³-hybridized carbons (Fsp3) is 0.476. The van der Waals surface area contributed by atoms with Crippen LogP contribution in [-0.4, -0.2) is 33.6 Å². The fourth-order valence-corrected chi connectivity index (χ4v) is 4.29. The number of anilines is 2. The fourth-order valence-electron chi connectivity index (χ4n) is 4.29. The number of Topliss-reactive ketones (excluding diaryl/α,β-unsaturated/α-hetero) is 1. The lowest BCUT2D eigenvalue weighted by Gasteiger charge is -2.34. The van der Waals surface area contributed by atoms with Gasteiger partial charge in [0, 0.05) is 36.5 Å². The van der Waals surface area contributed by atoms with Crippen molar-refractivity contribution in [1.82, 2.24) is 14.8 Å². The Kier molecular flexibility index (Phi) is 5.07. The number of hydrogen-bond donors (Lipinski definition) is 1. The molecule has 1 N–H and O–H groups in total. The molecule has 9 heteroatoms. The van der Waals surface area contributed by atoms with Crippen LogP contribution in [0, 0.1) is 5.92 Å². The Morgan fingerprint density at radius 1 is 1.17 bits per heavy atom. The highest BCUT2D eigenvalue weighted by molar-refractivity contribution is 5.99. The second-order valence-electron chi connectivity index (χ2n) is 7.82. The van der Waals surface area contributed by atoms with Crippen molar-refractivity contribution < 1.29 is 18.0 Å². The molecule has 0 saturated heterocycles. The number of carbonyl (C=O) groups excluding carboxylic acids is 1. The topological polar surface area (TPSA) is 63.1 Å². The third kappa shape index (κ3) is 3.46. The molecule has 6 nitrogen and oxygen atoms in total. The van der Waals surface area contributed by atoms with Gasteiger partial charge in [0.1, 0.15) is 6.04 Å². The van der Waals surface area contributed by atoms with Crippen LogP contribution in [0.4, 0.5) is 24.8 Å². The van der Waals surface area contributed by atoms with E-state index in [1.165, 1.54) is 4.68 Å². The Labute approximate surface area is 172 Å². The van der Waals surface area contributed by atoms with Gasteiger partial charge in [0.05, 0.1) is 0 Å². The molecule has 0 unspecified atom stereocenters. The standard InChI is InChI=1S/C21H24F3N5O/c1-4-28(5-2)14-8-6-13(7-9-14)18-17-15(10-12(3)11-16(17)30)25-20-26-19(21(22,23)24)27-29(18)20/h6-9,12,18H,4-5,10-11H2,1-3H3,(H,25,26,27)/t12-,18+/m1/s1. The van der Waals surface area contributed by atoms with Gasteiger partial charge in [0.25, 0.3) is 5.82 Å². The van der Waals surface area contributed by atoms with Gasteiger partial charge in [-0.2, -0.15) is 18.2 Å². The highest BCUT2D eigenvalue weighted by atomic mass is 19.4. The molecule has 0 saturated carbocycles. The van der Waals surface area contributed by atoms with Crippen molar-refractivity contribution in [2.75, 3.05) is 23.3 Å². The first-order valence-electron chi connectivity index (χ1n) is 10.1. The van der Waals surface area contributed by atoms with E-state index in [1.807, 2.05) is 31.2 Å². The lowest BCUT2D eigenvalue weighted by molar-refractivity contribution is -0.145. The predicted octanol–water partition coefficient (Wildman–Crippen LogP) is 4.41. The van der Waals surface area contributed by atoms with Crippen molar-refractivity contribution in [1.29, 1.82) is 0 Å². The zero-order valence-corrected chi connectivity index (χ0v) is 17.1. The SMILES string of the molecule is CCN(CC)c1ccc([C@H]2C3=C(C[C@@H](C)CC3=O)Nc3nc(C(F)(F)F)nn32)cc1. The van der Waals surface area contributed by atoms with Gasteiger partial charge in [-0.3, -0.25) is 4.79 Å². The third-order valence-corrected chi connectivity index (χ3v) is 5.71. The second kappa shape index (κ2) is 7.45. The van der Waals surface area contributed by atoms with Crippen LogP contribution in [0.1, 0.15) is 51.0 Å². The van der Waals surface area contributed by atoms with Crippen LogP contribution in [0.3, 0.4) is 0 Å². The van der Waals surface area contributed by atoms with Crippen molar-refractivity contribution in [3.05, 3.63) is 46.9 Å². The molecule has 1 aromatic carbocycles. The molecule has 0 amide bonds. The number of allylic oxidation sites excluding steroid dienone is 2. The molecule has 0 radical (unpaired) electrons. The lowest BCUT2D eigenvalue weighted by atomic mass is 9.81. The summed E-state index contributed by atoms with van der Waals surface area (Å²) in [5.41, 5.74) is 2.85. The molecule has 30 heavy (non-hydrogen) atoms. The number of halogens is 3. The van der Waals surface area contributed by atoms with Gasteiger partial charge < -0.3 is 10.2 Å². The Bertz CT molecular complexity index is 989. The van der Waals surface area contributed by atoms with Gasteiger partial charge in [-0.1, -0.05) is 19.1 Å². The highest BCUT2D eigenvalue weighted by Gasteiger charge is 2.42. The number of carbonyl (C=O) groups is 1. The van der Waals surface area contributed by atoms with E-state index in [0.717, 1.165) is 18.8 Å². The Morgan fingerprint density at radius 3 is 2.43 bits per heavy atom. The summed E-state index contributed by atoms with van der Waals surface area (Å²) in [6.07, 6.45) is -3.71. The number of fused-ring (bicyclic) bond motifs is 1. The van der Waals surface area contributed by atoms with Gasteiger partial charge in [-0.05, 0) is 43.9 Å². The van der Waals surface area contributed by atoms with Crippen LogP contribution in [0.25, 0.3) is 0 Å². The van der Waals surface area contributed by atoms with Gasteiger partial charge in [0.15, 0.2) is 5.78 Å². The van der Waals surface area contributed by atoms with E-state index in [-0.39, 0.29) is 17.6 Å². The zero-order valence-electron chi connectivity index (χ0n) is 17.1. The maximum atomic E-state index is 13.3. The Hall–Kier alpha value is -2.84. The number of rotatable bonds is 4. The summed E-state index contributed by atoms with van der Waals surface area (Å²) in [4.78, 5) is 18.8. The first-order chi connectivity index (χ1) is 14.2. The number of ketones is 1. The number of nitrogens with zero attached hydrogens (tertiary/aromatic N) is 4. The van der Waals surface area contributed by atoms with E-state index in [2.05, 4.69) is 34.1 Å². The van der Waals surface area contributed by atoms with Crippen LogP contribution in [0.15, 0.2) is 35.5 Å². The number of aromatic nitrogens is 3. The maximum Gasteiger partial charge on any atom is 0.453 e. The average Bonchev–Trinajstić information content (AvgIpc) is 3.12. The maximum absolute atomic E-state index is 13.3. The molecule has 2 aromatic rings. The van der Waals surface area contributed by atoms with Crippen molar-refractivity contribution in [3.63, 3.8) is 0 Å². The summed E-state index contributed by atoms with van der Waals surface area (Å²) >= 11 is 0. The van der Waals surface area contributed by atoms with Crippen LogP contribution in [0.2, 0.25) is 0 Å². The van der Waals surface area contributed by atoms with Crippen molar-refractivity contribution in [3.8, 4) is 0 Å². The molecule has 2 aliphatic rings. The summed E-state index contributed by atoms with van der Waals surface area (Å²) in [5, 5.41) is 6.68. The quantitative estimate of drug-likeness (QED) is 0.795. The summed E-state index contributed by atoms with van der Waals surface area (Å²) < 4.78 is 41.0. The third-order valence-electron chi connectivity index (χ3n) is 5.71. The summed E-state index contributed by atoms with van der Waals surface area (Å²) in [6.45, 7) is 7.76. The Balaban J connectivity index is 1.83. The van der Waals surface area contributed by atoms with Gasteiger partial charge in [-0.15, -0.1) is 5.10 Å². The lowest BCUT2D eigenvalue weighted by Crippen LogP contribution is -2.33. The summed E-state index contributed by atoms with van der Waals surface area (Å²) in [6, 6.07) is 6.85. The van der Waals surface area contributed by atoms with E-state index in [4.69, 9.17) is 0 Å². The number of benzene rings is 1. The molecular weight excluding hydrogens is 395 g/mol. The van der Waals surface area contributed by atoms with Crippen molar-refractivity contribution >= 4 is 17.4 Å². The molecule has 0 bridgehead atoms. The monoisotopic (exact) mass is 419 g/mol. The number of nitrogens with one attached hydrogen (secondary N) is 1. The minimum Gasteiger partial charge on any atom is -0.372 e. The van der Waals surface area contributed by atoms with E-state index < -0.39 is 18.0 Å². The molecule has 0 spiro atoms. The van der Waals surface area contributed by atoms with Crippen molar-refractivity contribution in [2.24, 2.45) is 5.92 Å². The Morgan fingerprint density at radius 2 is 1.83 bits per heavy atom. The molecule has 2 heterocycles. The first kappa shape index (κ1) is 20.4. The normalized spacial score (nSPS) is 21.2. The average molecular weight is 419 g/mol.